The first kappa shape index (κ1) is 18.7. The summed E-state index contributed by atoms with van der Waals surface area (Å²) in [6.45, 7) is 5.74. The smallest absolute Gasteiger partial charge is 0.321 e. The van der Waals surface area contributed by atoms with Crippen molar-refractivity contribution in [1.29, 1.82) is 0 Å². The molecule has 0 aliphatic heterocycles. The lowest BCUT2D eigenvalue weighted by Gasteiger charge is -2.23. The summed E-state index contributed by atoms with van der Waals surface area (Å²) in [5.74, 6) is -2.44. The second-order valence-corrected chi connectivity index (χ2v) is 4.56. The van der Waals surface area contributed by atoms with E-state index < -0.39 is 17.4 Å². The second kappa shape index (κ2) is 10.5. The van der Waals surface area contributed by atoms with Gasteiger partial charge in [-0.3, -0.25) is 9.59 Å². The molecule has 0 saturated carbocycles. The molecule has 0 aromatic rings. The van der Waals surface area contributed by atoms with Gasteiger partial charge in [0.2, 0.25) is 0 Å². The lowest BCUT2D eigenvalue weighted by molar-refractivity contribution is -0.166. The zero-order valence-corrected chi connectivity index (χ0v) is 12.2. The molecule has 0 aliphatic rings. The molecule has 0 fully saturated rings. The summed E-state index contributed by atoms with van der Waals surface area (Å²) in [6, 6.07) is 0. The van der Waals surface area contributed by atoms with Gasteiger partial charge >= 0.3 is 11.9 Å². The molecular formula is C12H25O4P. The highest BCUT2D eigenvalue weighted by atomic mass is 31.0. The van der Waals surface area contributed by atoms with Gasteiger partial charge in [-0.1, -0.05) is 40.0 Å². The molecule has 0 aliphatic carbocycles. The van der Waals surface area contributed by atoms with Crippen LogP contribution in [0.5, 0.6) is 0 Å². The van der Waals surface area contributed by atoms with Gasteiger partial charge in [0.15, 0.2) is 5.41 Å². The van der Waals surface area contributed by atoms with Crippen molar-refractivity contribution in [2.45, 2.75) is 52.9 Å². The molecule has 1 unspecified atom stereocenters. The third-order valence-corrected chi connectivity index (χ3v) is 3.04. The molecule has 0 aromatic heterocycles. The van der Waals surface area contributed by atoms with E-state index >= 15 is 0 Å². The van der Waals surface area contributed by atoms with Crippen molar-refractivity contribution < 1.29 is 19.8 Å². The summed E-state index contributed by atoms with van der Waals surface area (Å²) in [6.07, 6.45) is 4.05. The van der Waals surface area contributed by atoms with Crippen molar-refractivity contribution in [1.82, 2.24) is 0 Å². The Kier molecular flexibility index (Phi) is 11.6. The maximum atomic E-state index is 10.9. The SMILES string of the molecule is CCCC(CCC)(C(=O)O)C(=O)O.CCCP. The molecule has 0 rings (SSSR count). The lowest BCUT2D eigenvalue weighted by atomic mass is 9.79. The maximum absolute atomic E-state index is 10.9. The number of carbonyl (C=O) groups is 2. The van der Waals surface area contributed by atoms with Gasteiger partial charge in [-0.15, -0.1) is 9.24 Å². The van der Waals surface area contributed by atoms with Crippen LogP contribution < -0.4 is 0 Å². The number of hydrogen-bond donors (Lipinski definition) is 2. The Hall–Kier alpha value is -0.630. The Morgan fingerprint density at radius 3 is 1.35 bits per heavy atom. The molecule has 1 atom stereocenters. The first-order chi connectivity index (χ1) is 7.92. The molecule has 5 heteroatoms. The summed E-state index contributed by atoms with van der Waals surface area (Å²) in [5, 5.41) is 17.8. The van der Waals surface area contributed by atoms with Crippen molar-refractivity contribution in [3.05, 3.63) is 0 Å². The van der Waals surface area contributed by atoms with Crippen LogP contribution in [0.2, 0.25) is 0 Å². The van der Waals surface area contributed by atoms with Crippen LogP contribution in [0, 0.1) is 5.41 Å². The van der Waals surface area contributed by atoms with E-state index in [1.807, 2.05) is 0 Å². The van der Waals surface area contributed by atoms with Crippen LogP contribution in [0.1, 0.15) is 52.9 Å². The fraction of sp³-hybridized carbons (Fsp3) is 0.833. The second-order valence-electron chi connectivity index (χ2n) is 3.98. The number of aliphatic carboxylic acids is 2. The highest BCUT2D eigenvalue weighted by Crippen LogP contribution is 2.30. The monoisotopic (exact) mass is 264 g/mol. The number of rotatable bonds is 7. The maximum Gasteiger partial charge on any atom is 0.321 e. The van der Waals surface area contributed by atoms with Crippen LogP contribution in [-0.4, -0.2) is 28.3 Å². The minimum atomic E-state index is -1.57. The van der Waals surface area contributed by atoms with Crippen LogP contribution >= 0.6 is 9.24 Å². The summed E-state index contributed by atoms with van der Waals surface area (Å²) in [7, 11) is 2.66. The fourth-order valence-electron chi connectivity index (χ4n) is 1.50. The first-order valence-corrected chi connectivity index (χ1v) is 6.91. The standard InChI is InChI=1S/C9H16O4.C3H9P/c1-3-5-9(6-4-2,7(10)11)8(12)13;1-2-3-4/h3-6H2,1-2H3,(H,10,11)(H,12,13);2-4H2,1H3. The summed E-state index contributed by atoms with van der Waals surface area (Å²) >= 11 is 0. The Labute approximate surface area is 106 Å². The van der Waals surface area contributed by atoms with Gasteiger partial charge in [0.1, 0.15) is 0 Å². The molecule has 17 heavy (non-hydrogen) atoms. The topological polar surface area (TPSA) is 74.6 Å². The summed E-state index contributed by atoms with van der Waals surface area (Å²) in [5.41, 5.74) is -1.57. The number of carboxylic acid groups (broad SMARTS) is 2. The fourth-order valence-corrected chi connectivity index (χ4v) is 1.50. The van der Waals surface area contributed by atoms with Gasteiger partial charge < -0.3 is 10.2 Å². The quantitative estimate of drug-likeness (QED) is 0.547. The predicted octanol–water partition coefficient (Wildman–Crippen LogP) is 3.01. The molecule has 0 saturated heterocycles. The van der Waals surface area contributed by atoms with E-state index in [9.17, 15) is 9.59 Å². The summed E-state index contributed by atoms with van der Waals surface area (Å²) in [4.78, 5) is 21.7. The van der Waals surface area contributed by atoms with Gasteiger partial charge in [-0.2, -0.15) is 0 Å². The third kappa shape index (κ3) is 6.62. The zero-order chi connectivity index (χ0) is 13.9. The largest absolute Gasteiger partial charge is 0.480 e. The minimum absolute atomic E-state index is 0.200. The van der Waals surface area contributed by atoms with Crippen molar-refractivity contribution in [3.63, 3.8) is 0 Å². The van der Waals surface area contributed by atoms with Crippen molar-refractivity contribution >= 4 is 21.2 Å². The Balaban J connectivity index is 0. The minimum Gasteiger partial charge on any atom is -0.480 e. The molecule has 4 nitrogen and oxygen atoms in total. The Morgan fingerprint density at radius 1 is 0.941 bits per heavy atom. The van der Waals surface area contributed by atoms with Crippen LogP contribution in [0.25, 0.3) is 0 Å². The third-order valence-electron chi connectivity index (χ3n) is 2.46. The van der Waals surface area contributed by atoms with Crippen LogP contribution in [-0.2, 0) is 9.59 Å². The number of hydrogen-bond acceptors (Lipinski definition) is 2. The molecule has 0 bridgehead atoms. The van der Waals surface area contributed by atoms with Crippen LogP contribution in [0.15, 0.2) is 0 Å². The van der Waals surface area contributed by atoms with Crippen molar-refractivity contribution in [2.24, 2.45) is 5.41 Å². The van der Waals surface area contributed by atoms with Gasteiger partial charge in [0.25, 0.3) is 0 Å². The van der Waals surface area contributed by atoms with E-state index in [0.29, 0.717) is 12.8 Å². The van der Waals surface area contributed by atoms with Gasteiger partial charge in [-0.05, 0) is 19.0 Å². The van der Waals surface area contributed by atoms with Crippen molar-refractivity contribution in [3.8, 4) is 0 Å². The van der Waals surface area contributed by atoms with Gasteiger partial charge in [-0.25, -0.2) is 0 Å². The highest BCUT2D eigenvalue weighted by molar-refractivity contribution is 7.16. The van der Waals surface area contributed by atoms with Crippen LogP contribution in [0.3, 0.4) is 0 Å². The van der Waals surface area contributed by atoms with Crippen LogP contribution in [0.4, 0.5) is 0 Å². The average molecular weight is 264 g/mol. The van der Waals surface area contributed by atoms with E-state index in [1.165, 1.54) is 12.6 Å². The van der Waals surface area contributed by atoms with E-state index in [0.717, 1.165) is 0 Å². The normalized spacial score (nSPS) is 10.4. The predicted molar refractivity (Wildman–Crippen MR) is 72.4 cm³/mol. The van der Waals surface area contributed by atoms with Gasteiger partial charge in [0, 0.05) is 0 Å². The molecule has 0 aromatic carbocycles. The highest BCUT2D eigenvalue weighted by Gasteiger charge is 2.44. The Morgan fingerprint density at radius 2 is 1.24 bits per heavy atom. The molecule has 102 valence electrons. The van der Waals surface area contributed by atoms with E-state index in [4.69, 9.17) is 10.2 Å². The molecule has 2 N–H and O–H groups in total. The zero-order valence-electron chi connectivity index (χ0n) is 11.0. The molecule has 0 spiro atoms. The number of carboxylic acids is 2. The van der Waals surface area contributed by atoms with E-state index in [1.54, 1.807) is 13.8 Å². The van der Waals surface area contributed by atoms with E-state index in [2.05, 4.69) is 16.2 Å². The average Bonchev–Trinajstić information content (AvgIpc) is 2.28. The summed E-state index contributed by atoms with van der Waals surface area (Å²) < 4.78 is 0. The molecular weight excluding hydrogens is 239 g/mol. The van der Waals surface area contributed by atoms with E-state index in [-0.39, 0.29) is 12.8 Å². The Bertz CT molecular complexity index is 205. The lowest BCUT2D eigenvalue weighted by Crippen LogP contribution is -2.39. The first-order valence-electron chi connectivity index (χ1n) is 6.09. The molecule has 0 radical (unpaired) electrons. The molecule has 0 amide bonds. The molecule has 0 heterocycles. The van der Waals surface area contributed by atoms with Crippen molar-refractivity contribution in [2.75, 3.05) is 6.16 Å². The van der Waals surface area contributed by atoms with Gasteiger partial charge in [0.05, 0.1) is 0 Å².